The minimum Gasteiger partial charge on any atom is -0.336 e. The van der Waals surface area contributed by atoms with E-state index in [1.807, 2.05) is 60.7 Å². The molecule has 0 unspecified atom stereocenters. The van der Waals surface area contributed by atoms with Gasteiger partial charge in [-0.25, -0.2) is 9.50 Å². The maximum Gasteiger partial charge on any atom is 0.276 e. The van der Waals surface area contributed by atoms with Crippen LogP contribution in [0.2, 0.25) is 5.02 Å². The number of benzene rings is 2. The Hall–Kier alpha value is -3.38. The summed E-state index contributed by atoms with van der Waals surface area (Å²) >= 11 is 6.31. The van der Waals surface area contributed by atoms with Gasteiger partial charge in [0.15, 0.2) is 5.65 Å². The molecule has 1 amide bonds. The number of carbonyl (C=O) groups excluding carboxylic acids is 1. The van der Waals surface area contributed by atoms with Gasteiger partial charge in [0.25, 0.3) is 5.56 Å². The van der Waals surface area contributed by atoms with Gasteiger partial charge in [0.1, 0.15) is 0 Å². The molecule has 0 saturated carbocycles. The Labute approximate surface area is 184 Å². The lowest BCUT2D eigenvalue weighted by Gasteiger charge is -2.27. The fourth-order valence-electron chi connectivity index (χ4n) is 4.08. The van der Waals surface area contributed by atoms with E-state index in [9.17, 15) is 9.59 Å². The molecular weight excluding hydrogens is 412 g/mol. The van der Waals surface area contributed by atoms with Crippen molar-refractivity contribution in [3.8, 4) is 11.3 Å². The van der Waals surface area contributed by atoms with Crippen molar-refractivity contribution in [2.75, 3.05) is 6.54 Å². The molecule has 7 heteroatoms. The highest BCUT2D eigenvalue weighted by atomic mass is 35.5. The van der Waals surface area contributed by atoms with Crippen molar-refractivity contribution in [1.29, 1.82) is 0 Å². The monoisotopic (exact) mass is 432 g/mol. The van der Waals surface area contributed by atoms with Gasteiger partial charge in [-0.3, -0.25) is 14.7 Å². The third-order valence-corrected chi connectivity index (χ3v) is 6.08. The van der Waals surface area contributed by atoms with E-state index in [2.05, 4.69) is 5.10 Å². The molecule has 0 fully saturated rings. The molecule has 156 valence electrons. The SMILES string of the molecule is O=C(CCc1ccccc1)N1CCc2c(nc3cc(-c4ccccc4Cl)[nH]n3c2=O)C1. The Morgan fingerprint density at radius 2 is 1.87 bits per heavy atom. The van der Waals surface area contributed by atoms with E-state index in [0.717, 1.165) is 16.8 Å². The Kier molecular flexibility index (Phi) is 5.08. The Morgan fingerprint density at radius 3 is 2.68 bits per heavy atom. The molecule has 2 aromatic heterocycles. The Bertz CT molecular complexity index is 1330. The molecule has 0 atom stereocenters. The highest BCUT2D eigenvalue weighted by Gasteiger charge is 2.25. The summed E-state index contributed by atoms with van der Waals surface area (Å²) in [6.45, 7) is 0.892. The molecule has 6 nitrogen and oxygen atoms in total. The van der Waals surface area contributed by atoms with Crippen LogP contribution in [0, 0.1) is 0 Å². The zero-order valence-corrected chi connectivity index (χ0v) is 17.6. The quantitative estimate of drug-likeness (QED) is 0.532. The summed E-state index contributed by atoms with van der Waals surface area (Å²) < 4.78 is 1.46. The summed E-state index contributed by atoms with van der Waals surface area (Å²) in [7, 11) is 0. The first-order valence-corrected chi connectivity index (χ1v) is 10.7. The van der Waals surface area contributed by atoms with Crippen LogP contribution in [0.15, 0.2) is 65.5 Å². The van der Waals surface area contributed by atoms with Gasteiger partial charge in [-0.15, -0.1) is 0 Å². The van der Waals surface area contributed by atoms with Gasteiger partial charge in [0.2, 0.25) is 5.91 Å². The van der Waals surface area contributed by atoms with E-state index >= 15 is 0 Å². The fraction of sp³-hybridized carbons (Fsp3) is 0.208. The molecule has 4 aromatic rings. The fourth-order valence-corrected chi connectivity index (χ4v) is 4.32. The Morgan fingerprint density at radius 1 is 1.10 bits per heavy atom. The van der Waals surface area contributed by atoms with E-state index in [1.54, 1.807) is 4.90 Å². The maximum atomic E-state index is 13.0. The van der Waals surface area contributed by atoms with E-state index < -0.39 is 0 Å². The van der Waals surface area contributed by atoms with Crippen LogP contribution in [-0.4, -0.2) is 31.9 Å². The van der Waals surface area contributed by atoms with Gasteiger partial charge in [-0.2, -0.15) is 0 Å². The molecule has 0 radical (unpaired) electrons. The number of aromatic nitrogens is 3. The van der Waals surface area contributed by atoms with E-state index in [0.29, 0.717) is 54.3 Å². The van der Waals surface area contributed by atoms with Crippen molar-refractivity contribution in [3.05, 3.63) is 92.9 Å². The standard InChI is InChI=1S/C24H21ClN4O2/c25-19-9-5-4-8-17(19)20-14-22-26-21-15-28(13-12-18(21)24(31)29(22)27-20)23(30)11-10-16-6-2-1-3-7-16/h1-9,14,27H,10-13,15H2. The number of aryl methyl sites for hydroxylation is 1. The lowest BCUT2D eigenvalue weighted by Crippen LogP contribution is -2.39. The summed E-state index contributed by atoms with van der Waals surface area (Å²) in [6.07, 6.45) is 1.65. The maximum absolute atomic E-state index is 13.0. The zero-order valence-electron chi connectivity index (χ0n) is 16.8. The molecule has 3 heterocycles. The van der Waals surface area contributed by atoms with Gasteiger partial charge in [-0.05, 0) is 24.5 Å². The number of carbonyl (C=O) groups is 1. The number of nitrogens with one attached hydrogen (secondary N) is 1. The average molecular weight is 433 g/mol. The summed E-state index contributed by atoms with van der Waals surface area (Å²) in [5.74, 6) is 0.0855. The van der Waals surface area contributed by atoms with E-state index in [1.165, 1.54) is 4.52 Å². The molecule has 0 bridgehead atoms. The predicted octanol–water partition coefficient (Wildman–Crippen LogP) is 3.86. The molecule has 0 saturated heterocycles. The molecule has 0 spiro atoms. The second kappa shape index (κ2) is 8.04. The third-order valence-electron chi connectivity index (χ3n) is 5.75. The molecule has 31 heavy (non-hydrogen) atoms. The molecule has 0 aliphatic carbocycles. The summed E-state index contributed by atoms with van der Waals surface area (Å²) in [6, 6.07) is 19.3. The van der Waals surface area contributed by atoms with Crippen molar-refractivity contribution < 1.29 is 4.79 Å². The summed E-state index contributed by atoms with van der Waals surface area (Å²) in [5.41, 5.74) is 4.43. The van der Waals surface area contributed by atoms with Crippen LogP contribution in [0.3, 0.4) is 0 Å². The number of nitrogens with zero attached hydrogens (tertiary/aromatic N) is 3. The van der Waals surface area contributed by atoms with Gasteiger partial charge in [-0.1, -0.05) is 60.1 Å². The number of fused-ring (bicyclic) bond motifs is 2. The second-order valence-electron chi connectivity index (χ2n) is 7.74. The molecule has 1 N–H and O–H groups in total. The highest BCUT2D eigenvalue weighted by molar-refractivity contribution is 6.33. The normalized spacial score (nSPS) is 13.4. The number of aromatic amines is 1. The van der Waals surface area contributed by atoms with Crippen molar-refractivity contribution >= 4 is 23.2 Å². The minimum absolute atomic E-state index is 0.0855. The number of hydrogen-bond acceptors (Lipinski definition) is 3. The van der Waals surface area contributed by atoms with Crippen LogP contribution in [-0.2, 0) is 24.2 Å². The Balaban J connectivity index is 1.40. The van der Waals surface area contributed by atoms with Gasteiger partial charge >= 0.3 is 0 Å². The molecule has 2 aromatic carbocycles. The third kappa shape index (κ3) is 3.75. The van der Waals surface area contributed by atoms with Crippen molar-refractivity contribution in [2.45, 2.75) is 25.8 Å². The number of hydrogen-bond donors (Lipinski definition) is 1. The van der Waals surface area contributed by atoms with Crippen LogP contribution in [0.5, 0.6) is 0 Å². The summed E-state index contributed by atoms with van der Waals surface area (Å²) in [5, 5.41) is 3.72. The van der Waals surface area contributed by atoms with Gasteiger partial charge in [0.05, 0.1) is 17.9 Å². The number of rotatable bonds is 4. The van der Waals surface area contributed by atoms with Crippen LogP contribution >= 0.6 is 11.6 Å². The van der Waals surface area contributed by atoms with Crippen molar-refractivity contribution in [3.63, 3.8) is 0 Å². The van der Waals surface area contributed by atoms with Crippen LogP contribution < -0.4 is 5.56 Å². The first-order valence-electron chi connectivity index (χ1n) is 10.3. The number of halogens is 1. The highest BCUT2D eigenvalue weighted by Crippen LogP contribution is 2.27. The molecule has 1 aliphatic heterocycles. The van der Waals surface area contributed by atoms with Crippen LogP contribution in [0.4, 0.5) is 0 Å². The lowest BCUT2D eigenvalue weighted by atomic mass is 10.0. The average Bonchev–Trinajstić information content (AvgIpc) is 3.22. The largest absolute Gasteiger partial charge is 0.336 e. The minimum atomic E-state index is -0.116. The van der Waals surface area contributed by atoms with E-state index in [4.69, 9.17) is 16.6 Å². The van der Waals surface area contributed by atoms with Crippen molar-refractivity contribution in [2.24, 2.45) is 0 Å². The predicted molar refractivity (Wildman–Crippen MR) is 120 cm³/mol. The molecular formula is C24H21ClN4O2. The van der Waals surface area contributed by atoms with Crippen molar-refractivity contribution in [1.82, 2.24) is 19.5 Å². The molecule has 5 rings (SSSR count). The van der Waals surface area contributed by atoms with Crippen LogP contribution in [0.1, 0.15) is 23.2 Å². The smallest absolute Gasteiger partial charge is 0.276 e. The molecule has 1 aliphatic rings. The number of H-pyrrole nitrogens is 1. The zero-order chi connectivity index (χ0) is 21.4. The van der Waals surface area contributed by atoms with E-state index in [-0.39, 0.29) is 11.5 Å². The van der Waals surface area contributed by atoms with Crippen LogP contribution in [0.25, 0.3) is 16.9 Å². The topological polar surface area (TPSA) is 70.5 Å². The van der Waals surface area contributed by atoms with Gasteiger partial charge < -0.3 is 4.90 Å². The second-order valence-corrected chi connectivity index (χ2v) is 8.14. The first-order chi connectivity index (χ1) is 15.1. The first kappa shape index (κ1) is 19.6. The number of amides is 1. The van der Waals surface area contributed by atoms with Gasteiger partial charge in [0, 0.05) is 35.2 Å². The lowest BCUT2D eigenvalue weighted by molar-refractivity contribution is -0.132. The summed E-state index contributed by atoms with van der Waals surface area (Å²) in [4.78, 5) is 32.3.